The number of nitrogens with one attached hydrogen (secondary N) is 3. The number of aromatic nitrogens is 2. The molecule has 1 aliphatic heterocycles. The summed E-state index contributed by atoms with van der Waals surface area (Å²) in [6.07, 6.45) is 4.48. The molecule has 2 aliphatic rings. The number of hydrogen-bond acceptors (Lipinski definition) is 7. The molecule has 1 aliphatic carbocycles. The molecule has 4 rings (SSSR count). The van der Waals surface area contributed by atoms with E-state index in [1.165, 1.54) is 0 Å². The van der Waals surface area contributed by atoms with E-state index >= 15 is 0 Å². The van der Waals surface area contributed by atoms with Gasteiger partial charge in [-0.3, -0.25) is 19.8 Å². The molecular weight excluding hydrogens is 420 g/mol. The van der Waals surface area contributed by atoms with Crippen molar-refractivity contribution in [2.24, 2.45) is 5.10 Å². The number of benzene rings is 1. The second-order valence-electron chi connectivity index (χ2n) is 8.01. The summed E-state index contributed by atoms with van der Waals surface area (Å²) in [7, 11) is 1.83. The quantitative estimate of drug-likeness (QED) is 0.381. The number of amides is 1. The minimum Gasteiger partial charge on any atom is -0.365 e. The number of likely N-dealkylation sites (N-methyl/N-ethyl adjacent to an activating group) is 1. The summed E-state index contributed by atoms with van der Waals surface area (Å²) >= 11 is 0. The molecule has 0 radical (unpaired) electrons. The average molecular weight is 447 g/mol. The molecule has 1 atom stereocenters. The van der Waals surface area contributed by atoms with Crippen molar-refractivity contribution in [1.29, 1.82) is 0 Å². The molecule has 170 valence electrons. The summed E-state index contributed by atoms with van der Waals surface area (Å²) in [4.78, 5) is 32.0. The van der Waals surface area contributed by atoms with Gasteiger partial charge in [-0.15, -0.1) is 0 Å². The first kappa shape index (κ1) is 22.2. The maximum atomic E-state index is 12.5. The van der Waals surface area contributed by atoms with Gasteiger partial charge in [0.1, 0.15) is 11.4 Å². The highest BCUT2D eigenvalue weighted by atomic mass is 16.5. The van der Waals surface area contributed by atoms with Crippen molar-refractivity contribution in [2.75, 3.05) is 18.9 Å². The first-order valence-electron chi connectivity index (χ1n) is 10.6. The molecule has 2 heterocycles. The standard InChI is InChI=1S/C24H26N6O3/c1-14-9-10-18-20(17(14)13-19(31)29-33)22(28-30(18)3)21-15(2)26-24(32)23(27-21)25-12-11-16-7-5-4-6-8-16/h4-10,18,33H,1,11-13H2,2-3H3,(H,25,27)(H,26,32)(H,29,31). The number of carbonyl (C=O) groups excluding carboxylic acids is 1. The topological polar surface area (TPSA) is 123 Å². The monoisotopic (exact) mass is 446 g/mol. The lowest BCUT2D eigenvalue weighted by Crippen LogP contribution is -2.29. The molecule has 0 saturated heterocycles. The molecule has 4 N–H and O–H groups in total. The van der Waals surface area contributed by atoms with Crippen LogP contribution in [0.25, 0.3) is 0 Å². The van der Waals surface area contributed by atoms with E-state index in [-0.39, 0.29) is 23.8 Å². The fraction of sp³-hybridized carbons (Fsp3) is 0.250. The highest BCUT2D eigenvalue weighted by molar-refractivity contribution is 6.15. The molecule has 1 aromatic carbocycles. The smallest absolute Gasteiger partial charge is 0.290 e. The number of rotatable bonds is 7. The van der Waals surface area contributed by atoms with Crippen molar-refractivity contribution in [2.45, 2.75) is 25.8 Å². The Morgan fingerprint density at radius 3 is 2.79 bits per heavy atom. The highest BCUT2D eigenvalue weighted by Gasteiger charge is 2.36. The van der Waals surface area contributed by atoms with Gasteiger partial charge in [0.2, 0.25) is 5.91 Å². The zero-order chi connectivity index (χ0) is 23.5. The van der Waals surface area contributed by atoms with E-state index in [0.717, 1.165) is 17.6 Å². The average Bonchev–Trinajstić information content (AvgIpc) is 3.14. The molecule has 9 nitrogen and oxygen atoms in total. The molecule has 0 bridgehead atoms. The number of hydroxylamine groups is 1. The minimum absolute atomic E-state index is 0.0526. The number of hydrazone groups is 1. The summed E-state index contributed by atoms with van der Waals surface area (Å²) in [5, 5.41) is 18.6. The van der Waals surface area contributed by atoms with Crippen LogP contribution in [-0.2, 0) is 11.2 Å². The van der Waals surface area contributed by atoms with Gasteiger partial charge >= 0.3 is 0 Å². The first-order valence-corrected chi connectivity index (χ1v) is 10.6. The van der Waals surface area contributed by atoms with E-state index < -0.39 is 5.91 Å². The summed E-state index contributed by atoms with van der Waals surface area (Å²) in [5.41, 5.74) is 6.29. The molecule has 9 heteroatoms. The van der Waals surface area contributed by atoms with Crippen LogP contribution in [0.3, 0.4) is 0 Å². The molecule has 0 saturated carbocycles. The van der Waals surface area contributed by atoms with Gasteiger partial charge in [-0.1, -0.05) is 49.1 Å². The van der Waals surface area contributed by atoms with Crippen LogP contribution in [0.4, 0.5) is 5.82 Å². The SMILES string of the molecule is C=C1C=CC2C(=C1CC(=O)NO)C(c1nc(NCCc3ccccc3)c(=O)[nH]c1C)=NN2C. The zero-order valence-corrected chi connectivity index (χ0v) is 18.6. The van der Waals surface area contributed by atoms with Gasteiger partial charge in [0.05, 0.1) is 12.5 Å². The fourth-order valence-corrected chi connectivity index (χ4v) is 4.06. The number of allylic oxidation sites excluding steroid dienone is 2. The molecular formula is C24H26N6O3. The van der Waals surface area contributed by atoms with Crippen LogP contribution in [0.5, 0.6) is 0 Å². The van der Waals surface area contributed by atoms with Crippen molar-refractivity contribution in [1.82, 2.24) is 20.5 Å². The van der Waals surface area contributed by atoms with Gasteiger partial charge < -0.3 is 10.3 Å². The Balaban J connectivity index is 1.68. The number of aryl methyl sites for hydroxylation is 1. The Hall–Kier alpha value is -3.98. The summed E-state index contributed by atoms with van der Waals surface area (Å²) < 4.78 is 0. The number of nitrogens with zero attached hydrogens (tertiary/aromatic N) is 3. The second kappa shape index (κ2) is 9.25. The second-order valence-corrected chi connectivity index (χ2v) is 8.01. The van der Waals surface area contributed by atoms with E-state index in [1.54, 1.807) is 17.4 Å². The first-order chi connectivity index (χ1) is 15.9. The lowest BCUT2D eigenvalue weighted by atomic mass is 9.85. The van der Waals surface area contributed by atoms with E-state index in [0.29, 0.717) is 34.8 Å². The maximum absolute atomic E-state index is 12.5. The third-order valence-electron chi connectivity index (χ3n) is 5.73. The molecule has 1 aromatic heterocycles. The minimum atomic E-state index is -0.545. The Morgan fingerprint density at radius 1 is 1.30 bits per heavy atom. The molecule has 0 fully saturated rings. The van der Waals surface area contributed by atoms with E-state index in [9.17, 15) is 9.59 Å². The lowest BCUT2D eigenvalue weighted by Gasteiger charge is -2.24. The Kier molecular flexibility index (Phi) is 6.23. The van der Waals surface area contributed by atoms with Crippen LogP contribution in [0.1, 0.15) is 23.4 Å². The molecule has 1 unspecified atom stereocenters. The predicted octanol–water partition coefficient (Wildman–Crippen LogP) is 2.07. The van der Waals surface area contributed by atoms with Crippen molar-refractivity contribution < 1.29 is 10.0 Å². The maximum Gasteiger partial charge on any atom is 0.290 e. The van der Waals surface area contributed by atoms with E-state index in [4.69, 9.17) is 5.21 Å². The van der Waals surface area contributed by atoms with Gasteiger partial charge in [0.25, 0.3) is 5.56 Å². The van der Waals surface area contributed by atoms with Gasteiger partial charge in [0, 0.05) is 24.9 Å². The van der Waals surface area contributed by atoms with E-state index in [2.05, 4.69) is 27.0 Å². The predicted molar refractivity (Wildman–Crippen MR) is 126 cm³/mol. The number of H-pyrrole nitrogens is 1. The third kappa shape index (κ3) is 4.49. The molecule has 33 heavy (non-hydrogen) atoms. The Morgan fingerprint density at radius 2 is 2.06 bits per heavy atom. The Labute approximate surface area is 191 Å². The van der Waals surface area contributed by atoms with Crippen LogP contribution in [0, 0.1) is 6.92 Å². The summed E-state index contributed by atoms with van der Waals surface area (Å²) in [5.74, 6) is -0.336. The van der Waals surface area contributed by atoms with Gasteiger partial charge in [-0.25, -0.2) is 10.5 Å². The highest BCUT2D eigenvalue weighted by Crippen LogP contribution is 2.35. The van der Waals surface area contributed by atoms with Crippen LogP contribution in [0.2, 0.25) is 0 Å². The largest absolute Gasteiger partial charge is 0.365 e. The molecule has 0 spiro atoms. The van der Waals surface area contributed by atoms with Gasteiger partial charge in [-0.05, 0) is 30.1 Å². The van der Waals surface area contributed by atoms with Crippen LogP contribution >= 0.6 is 0 Å². The number of aromatic amines is 1. The number of anilines is 1. The van der Waals surface area contributed by atoms with E-state index in [1.807, 2.05) is 49.5 Å². The number of fused-ring (bicyclic) bond motifs is 1. The lowest BCUT2D eigenvalue weighted by molar-refractivity contribution is -0.128. The summed E-state index contributed by atoms with van der Waals surface area (Å²) in [6, 6.07) is 9.78. The molecule has 1 amide bonds. The summed E-state index contributed by atoms with van der Waals surface area (Å²) in [6.45, 7) is 6.36. The molecule has 2 aromatic rings. The number of hydrogen-bond donors (Lipinski definition) is 4. The van der Waals surface area contributed by atoms with Crippen LogP contribution < -0.4 is 16.4 Å². The Bertz CT molecular complexity index is 1240. The zero-order valence-electron chi connectivity index (χ0n) is 18.6. The third-order valence-corrected chi connectivity index (χ3v) is 5.73. The van der Waals surface area contributed by atoms with Crippen molar-refractivity contribution >= 4 is 17.4 Å². The van der Waals surface area contributed by atoms with Gasteiger partial charge in [0.15, 0.2) is 5.82 Å². The van der Waals surface area contributed by atoms with Crippen LogP contribution in [-0.4, -0.2) is 51.4 Å². The number of carbonyl (C=O) groups is 1. The van der Waals surface area contributed by atoms with Crippen molar-refractivity contribution in [3.63, 3.8) is 0 Å². The van der Waals surface area contributed by atoms with Crippen molar-refractivity contribution in [3.05, 3.63) is 93.1 Å². The normalized spacial score (nSPS) is 17.2. The van der Waals surface area contributed by atoms with Gasteiger partial charge in [-0.2, -0.15) is 5.10 Å². The fourth-order valence-electron chi connectivity index (χ4n) is 4.06. The van der Waals surface area contributed by atoms with Crippen molar-refractivity contribution in [3.8, 4) is 0 Å². The van der Waals surface area contributed by atoms with Crippen LogP contribution in [0.15, 0.2) is 75.7 Å².